The number of aryl methyl sites for hydroxylation is 1. The van der Waals surface area contributed by atoms with Gasteiger partial charge in [-0.25, -0.2) is 8.42 Å². The maximum atomic E-state index is 12.5. The maximum Gasteiger partial charge on any atom is 0.271 e. The summed E-state index contributed by atoms with van der Waals surface area (Å²) in [6.45, 7) is 3.78. The first kappa shape index (κ1) is 14.9. The summed E-state index contributed by atoms with van der Waals surface area (Å²) >= 11 is 0. The van der Waals surface area contributed by atoms with Crippen LogP contribution in [0.2, 0.25) is 0 Å². The second kappa shape index (κ2) is 5.47. The zero-order valence-electron chi connectivity index (χ0n) is 11.4. The molecular weight excluding hydrogens is 282 g/mol. The summed E-state index contributed by atoms with van der Waals surface area (Å²) in [4.78, 5) is 12.3. The smallest absolute Gasteiger partial charge is 0.271 e. The van der Waals surface area contributed by atoms with Crippen LogP contribution >= 0.6 is 0 Å². The van der Waals surface area contributed by atoms with Gasteiger partial charge in [0.25, 0.3) is 5.69 Å². The molecule has 110 valence electrons. The number of nitrogens with zero attached hydrogens (tertiary/aromatic N) is 3. The van der Waals surface area contributed by atoms with Crippen LogP contribution in [0.5, 0.6) is 0 Å². The number of sulfonamides is 1. The van der Waals surface area contributed by atoms with Crippen LogP contribution in [-0.2, 0) is 10.0 Å². The maximum absolute atomic E-state index is 12.5. The van der Waals surface area contributed by atoms with E-state index in [1.54, 1.807) is 6.92 Å². The molecule has 1 fully saturated rings. The van der Waals surface area contributed by atoms with Crippen molar-refractivity contribution in [3.8, 4) is 0 Å². The molecule has 1 aliphatic heterocycles. The molecule has 0 unspecified atom stereocenters. The molecule has 1 aliphatic rings. The summed E-state index contributed by atoms with van der Waals surface area (Å²) in [6.07, 6.45) is 0. The Hall–Kier alpha value is -1.51. The monoisotopic (exact) mass is 299 g/mol. The van der Waals surface area contributed by atoms with Crippen LogP contribution in [-0.4, -0.2) is 55.8 Å². The zero-order chi connectivity index (χ0) is 14.9. The lowest BCUT2D eigenvalue weighted by atomic mass is 10.2. The van der Waals surface area contributed by atoms with Gasteiger partial charge >= 0.3 is 0 Å². The van der Waals surface area contributed by atoms with E-state index in [4.69, 9.17) is 0 Å². The highest BCUT2D eigenvalue weighted by molar-refractivity contribution is 7.89. The Morgan fingerprint density at radius 2 is 1.75 bits per heavy atom. The summed E-state index contributed by atoms with van der Waals surface area (Å²) < 4.78 is 26.4. The van der Waals surface area contributed by atoms with Crippen LogP contribution in [0.1, 0.15) is 5.56 Å². The predicted octanol–water partition coefficient (Wildman–Crippen LogP) is 0.839. The molecular formula is C12H17N3O4S. The van der Waals surface area contributed by atoms with Crippen molar-refractivity contribution in [1.82, 2.24) is 9.21 Å². The van der Waals surface area contributed by atoms with Crippen LogP contribution in [0.25, 0.3) is 0 Å². The van der Waals surface area contributed by atoms with Crippen LogP contribution in [0.3, 0.4) is 0 Å². The lowest BCUT2D eigenvalue weighted by Gasteiger charge is -2.31. The molecule has 1 heterocycles. The number of benzene rings is 1. The molecule has 1 aromatic carbocycles. The van der Waals surface area contributed by atoms with Gasteiger partial charge in [0.1, 0.15) is 0 Å². The Labute approximate surface area is 118 Å². The number of hydrogen-bond donors (Lipinski definition) is 0. The second-order valence-electron chi connectivity index (χ2n) is 4.97. The molecule has 0 aromatic heterocycles. The van der Waals surface area contributed by atoms with Gasteiger partial charge in [0.2, 0.25) is 10.0 Å². The first-order valence-corrected chi connectivity index (χ1v) is 7.69. The lowest BCUT2D eigenvalue weighted by molar-refractivity contribution is -0.385. The van der Waals surface area contributed by atoms with E-state index in [1.807, 2.05) is 11.9 Å². The number of nitro groups is 1. The fourth-order valence-corrected chi connectivity index (χ4v) is 3.71. The summed E-state index contributed by atoms with van der Waals surface area (Å²) in [5.74, 6) is 0. The van der Waals surface area contributed by atoms with Gasteiger partial charge in [-0.3, -0.25) is 10.1 Å². The van der Waals surface area contributed by atoms with Gasteiger partial charge in [0, 0.05) is 38.3 Å². The highest BCUT2D eigenvalue weighted by Crippen LogP contribution is 2.23. The molecule has 0 radical (unpaired) electrons. The van der Waals surface area contributed by atoms with E-state index in [2.05, 4.69) is 0 Å². The molecule has 8 heteroatoms. The normalized spacial score (nSPS) is 18.1. The van der Waals surface area contributed by atoms with Gasteiger partial charge in [-0.05, 0) is 25.6 Å². The van der Waals surface area contributed by atoms with Crippen molar-refractivity contribution < 1.29 is 13.3 Å². The summed E-state index contributed by atoms with van der Waals surface area (Å²) in [5.41, 5.74) is 0.365. The van der Waals surface area contributed by atoms with Gasteiger partial charge in [0.15, 0.2) is 0 Å². The number of likely N-dealkylation sites (N-methyl/N-ethyl adjacent to an activating group) is 1. The van der Waals surface area contributed by atoms with E-state index < -0.39 is 14.9 Å². The first-order valence-electron chi connectivity index (χ1n) is 6.25. The number of non-ortho nitro benzene ring substituents is 1. The average molecular weight is 299 g/mol. The number of nitro benzene ring substituents is 1. The van der Waals surface area contributed by atoms with Crippen molar-refractivity contribution >= 4 is 15.7 Å². The molecule has 2 rings (SSSR count). The fraction of sp³-hybridized carbons (Fsp3) is 0.500. The predicted molar refractivity (Wildman–Crippen MR) is 74.1 cm³/mol. The molecule has 0 N–H and O–H groups in total. The Morgan fingerprint density at radius 3 is 2.30 bits per heavy atom. The minimum absolute atomic E-state index is 0.00578. The third kappa shape index (κ3) is 2.97. The Kier molecular flexibility index (Phi) is 4.07. The molecule has 1 saturated heterocycles. The van der Waals surface area contributed by atoms with Crippen molar-refractivity contribution in [2.75, 3.05) is 33.2 Å². The molecule has 0 saturated carbocycles. The molecule has 7 nitrogen and oxygen atoms in total. The summed E-state index contributed by atoms with van der Waals surface area (Å²) in [6, 6.07) is 3.96. The molecule has 0 amide bonds. The third-order valence-corrected chi connectivity index (χ3v) is 5.22. The van der Waals surface area contributed by atoms with Crippen LogP contribution in [0.15, 0.2) is 23.1 Å². The van der Waals surface area contributed by atoms with Gasteiger partial charge in [-0.2, -0.15) is 4.31 Å². The van der Waals surface area contributed by atoms with E-state index in [-0.39, 0.29) is 10.6 Å². The van der Waals surface area contributed by atoms with Crippen LogP contribution in [0.4, 0.5) is 5.69 Å². The van der Waals surface area contributed by atoms with Gasteiger partial charge in [-0.1, -0.05) is 0 Å². The number of hydrogen-bond acceptors (Lipinski definition) is 5. The fourth-order valence-electron chi connectivity index (χ4n) is 2.16. The molecule has 0 spiro atoms. The molecule has 0 bridgehead atoms. The van der Waals surface area contributed by atoms with E-state index in [9.17, 15) is 18.5 Å². The molecule has 1 aromatic rings. The summed E-state index contributed by atoms with van der Waals surface area (Å²) in [7, 11) is -1.73. The lowest BCUT2D eigenvalue weighted by Crippen LogP contribution is -2.47. The minimum Gasteiger partial charge on any atom is -0.304 e. The van der Waals surface area contributed by atoms with Gasteiger partial charge in [0.05, 0.1) is 9.82 Å². The van der Waals surface area contributed by atoms with Gasteiger partial charge < -0.3 is 4.90 Å². The van der Waals surface area contributed by atoms with Crippen LogP contribution in [0, 0.1) is 17.0 Å². The van der Waals surface area contributed by atoms with E-state index in [0.29, 0.717) is 31.7 Å². The molecule has 0 atom stereocenters. The summed E-state index contributed by atoms with van der Waals surface area (Å²) in [5, 5.41) is 10.8. The van der Waals surface area contributed by atoms with Crippen molar-refractivity contribution in [3.63, 3.8) is 0 Å². The van der Waals surface area contributed by atoms with Crippen molar-refractivity contribution in [3.05, 3.63) is 33.9 Å². The second-order valence-corrected chi connectivity index (χ2v) is 6.91. The highest BCUT2D eigenvalue weighted by atomic mass is 32.2. The standard InChI is InChI=1S/C12H17N3O4S/c1-10-7-11(15(16)17)9-12(8-10)20(18,19)14-5-3-13(2)4-6-14/h7-9H,3-6H2,1-2H3. The third-order valence-electron chi connectivity index (χ3n) is 3.35. The van der Waals surface area contributed by atoms with Gasteiger partial charge in [-0.15, -0.1) is 0 Å². The quantitative estimate of drug-likeness (QED) is 0.610. The van der Waals surface area contributed by atoms with Crippen molar-refractivity contribution in [1.29, 1.82) is 0 Å². The number of piperazine rings is 1. The van der Waals surface area contributed by atoms with E-state index in [1.165, 1.54) is 16.4 Å². The molecule has 20 heavy (non-hydrogen) atoms. The van der Waals surface area contributed by atoms with Crippen molar-refractivity contribution in [2.45, 2.75) is 11.8 Å². The first-order chi connectivity index (χ1) is 9.30. The minimum atomic E-state index is -3.66. The zero-order valence-corrected chi connectivity index (χ0v) is 12.3. The van der Waals surface area contributed by atoms with E-state index in [0.717, 1.165) is 6.07 Å². The largest absolute Gasteiger partial charge is 0.304 e. The SMILES string of the molecule is Cc1cc([N+](=O)[O-])cc(S(=O)(=O)N2CCN(C)CC2)c1. The Morgan fingerprint density at radius 1 is 1.15 bits per heavy atom. The molecule has 0 aliphatic carbocycles. The highest BCUT2D eigenvalue weighted by Gasteiger charge is 2.28. The van der Waals surface area contributed by atoms with Crippen LogP contribution < -0.4 is 0 Å². The van der Waals surface area contributed by atoms with Crippen molar-refractivity contribution in [2.24, 2.45) is 0 Å². The Balaban J connectivity index is 2.36. The van der Waals surface area contributed by atoms with E-state index >= 15 is 0 Å². The Bertz CT molecular complexity index is 622. The number of rotatable bonds is 3. The average Bonchev–Trinajstić information content (AvgIpc) is 2.38. The topological polar surface area (TPSA) is 83.8 Å².